The molecule has 2 aromatic heterocycles. The summed E-state index contributed by atoms with van der Waals surface area (Å²) in [4.78, 5) is 60.6. The molecule has 1 saturated carbocycles. The number of Topliss-reactive ketones (excluding diaryl/α,β-unsaturated/α-hetero) is 1. The highest BCUT2D eigenvalue weighted by molar-refractivity contribution is 6.02. The number of methoxy groups -OCH3 is 1. The minimum atomic E-state index is -1.15. The van der Waals surface area contributed by atoms with E-state index in [1.54, 1.807) is 0 Å². The number of H-pyrrole nitrogens is 1. The van der Waals surface area contributed by atoms with Crippen molar-refractivity contribution < 1.29 is 28.6 Å². The van der Waals surface area contributed by atoms with Crippen LogP contribution in [0.3, 0.4) is 0 Å². The molecule has 0 spiro atoms. The number of carboxylic acids is 1. The molecule has 2 aliphatic heterocycles. The van der Waals surface area contributed by atoms with Gasteiger partial charge in [0.15, 0.2) is 17.3 Å². The van der Waals surface area contributed by atoms with Gasteiger partial charge in [0, 0.05) is 56.1 Å². The maximum absolute atomic E-state index is 15.9. The number of rotatable bonds is 11. The molecule has 4 heterocycles. The Morgan fingerprint density at radius 2 is 2.05 bits per heavy atom. The molecule has 3 aromatic rings. The van der Waals surface area contributed by atoms with Crippen LogP contribution in [0.5, 0.6) is 5.75 Å². The second kappa shape index (κ2) is 12.0. The summed E-state index contributed by atoms with van der Waals surface area (Å²) in [5.41, 5.74) is 0.455. The lowest BCUT2D eigenvalue weighted by Crippen LogP contribution is -2.41. The van der Waals surface area contributed by atoms with Crippen molar-refractivity contribution in [1.29, 1.82) is 0 Å². The summed E-state index contributed by atoms with van der Waals surface area (Å²) >= 11 is 0. The van der Waals surface area contributed by atoms with Gasteiger partial charge in [-0.15, -0.1) is 0 Å². The number of nitrogens with zero attached hydrogens (tertiary/aromatic N) is 3. The Bertz CT molecular complexity index is 1640. The van der Waals surface area contributed by atoms with Gasteiger partial charge in [-0.3, -0.25) is 19.2 Å². The maximum atomic E-state index is 15.9. The van der Waals surface area contributed by atoms with Gasteiger partial charge < -0.3 is 34.9 Å². The monoisotopic (exact) mass is 608 g/mol. The molecule has 3 aliphatic rings. The number of carboxylic acid groups (broad SMARTS) is 1. The number of anilines is 1. The Morgan fingerprint density at radius 3 is 2.70 bits per heavy atom. The zero-order chi connectivity index (χ0) is 31.1. The number of ketones is 1. The van der Waals surface area contributed by atoms with E-state index in [9.17, 15) is 24.3 Å². The molecule has 44 heavy (non-hydrogen) atoms. The molecule has 6 rings (SSSR count). The summed E-state index contributed by atoms with van der Waals surface area (Å²) < 4.78 is 23.5. The van der Waals surface area contributed by atoms with Crippen LogP contribution in [-0.4, -0.2) is 76.1 Å². The lowest BCUT2D eigenvalue weighted by molar-refractivity contribution is -0.143. The van der Waals surface area contributed by atoms with Crippen molar-refractivity contribution in [2.75, 3.05) is 31.6 Å². The van der Waals surface area contributed by atoms with Gasteiger partial charge in [-0.25, -0.2) is 9.37 Å². The number of aromatic amines is 1. The van der Waals surface area contributed by atoms with Crippen LogP contribution in [0.1, 0.15) is 61.1 Å². The van der Waals surface area contributed by atoms with Crippen LogP contribution in [0.15, 0.2) is 29.6 Å². The molecule has 4 atom stereocenters. The first-order valence-electron chi connectivity index (χ1n) is 15.1. The van der Waals surface area contributed by atoms with E-state index in [0.29, 0.717) is 35.9 Å². The van der Waals surface area contributed by atoms with Crippen molar-refractivity contribution in [2.24, 2.45) is 11.8 Å². The first-order chi connectivity index (χ1) is 21.2. The Labute approximate surface area is 253 Å². The van der Waals surface area contributed by atoms with Gasteiger partial charge in [0.25, 0.3) is 5.91 Å². The van der Waals surface area contributed by atoms with Crippen LogP contribution in [0.2, 0.25) is 0 Å². The van der Waals surface area contributed by atoms with Crippen molar-refractivity contribution in [3.8, 4) is 5.75 Å². The summed E-state index contributed by atoms with van der Waals surface area (Å²) in [7, 11) is 1.46. The predicted octanol–water partition coefficient (Wildman–Crippen LogP) is 2.42. The first kappa shape index (κ1) is 29.8. The van der Waals surface area contributed by atoms with E-state index in [2.05, 4.69) is 20.6 Å². The van der Waals surface area contributed by atoms with Gasteiger partial charge in [0.05, 0.1) is 36.3 Å². The van der Waals surface area contributed by atoms with E-state index < -0.39 is 40.9 Å². The zero-order valence-corrected chi connectivity index (χ0v) is 24.8. The quantitative estimate of drug-likeness (QED) is 0.257. The molecule has 13 heteroatoms. The summed E-state index contributed by atoms with van der Waals surface area (Å²) in [6, 6.07) is 0.414. The number of hydrogen-bond acceptors (Lipinski definition) is 8. The number of imidazole rings is 1. The third kappa shape index (κ3) is 5.68. The second-order valence-corrected chi connectivity index (χ2v) is 12.2. The normalized spacial score (nSPS) is 21.1. The molecule has 12 nitrogen and oxygen atoms in total. The number of aliphatic carboxylic acids is 1. The van der Waals surface area contributed by atoms with Gasteiger partial charge in [0.2, 0.25) is 5.43 Å². The minimum absolute atomic E-state index is 0.0116. The fraction of sp³-hybridized carbons (Fsp3) is 0.516. The largest absolute Gasteiger partial charge is 0.492 e. The molecule has 0 bridgehead atoms. The van der Waals surface area contributed by atoms with E-state index in [1.165, 1.54) is 38.8 Å². The smallest absolute Gasteiger partial charge is 0.307 e. The van der Waals surface area contributed by atoms with E-state index >= 15 is 4.39 Å². The number of amides is 1. The summed E-state index contributed by atoms with van der Waals surface area (Å²) in [6.07, 6.45) is 7.95. The predicted molar refractivity (Wildman–Crippen MR) is 160 cm³/mol. The highest BCUT2D eigenvalue weighted by Gasteiger charge is 2.38. The fourth-order valence-corrected chi connectivity index (χ4v) is 6.65. The zero-order valence-electron chi connectivity index (χ0n) is 24.8. The molecular weight excluding hydrogens is 571 g/mol. The average Bonchev–Trinajstić information content (AvgIpc) is 3.54. The van der Waals surface area contributed by atoms with Gasteiger partial charge in [-0.2, -0.15) is 0 Å². The number of fused-ring (bicyclic) bond motifs is 2. The molecule has 234 valence electrons. The number of carbonyl (C=O) groups excluding carboxylic acids is 2. The fourth-order valence-electron chi connectivity index (χ4n) is 6.65. The van der Waals surface area contributed by atoms with Crippen LogP contribution in [-0.2, 0) is 16.0 Å². The Hall–Kier alpha value is -4.26. The van der Waals surface area contributed by atoms with E-state index in [0.717, 1.165) is 32.2 Å². The first-order valence-corrected chi connectivity index (χ1v) is 15.1. The summed E-state index contributed by atoms with van der Waals surface area (Å²) in [5, 5.41) is 15.8. The van der Waals surface area contributed by atoms with Crippen LogP contribution >= 0.6 is 0 Å². The number of benzene rings is 1. The highest BCUT2D eigenvalue weighted by Crippen LogP contribution is 2.45. The van der Waals surface area contributed by atoms with Crippen LogP contribution in [0.4, 0.5) is 10.1 Å². The SMILES string of the molecule is COc1c(N2C[C@@H]3CCCN[C@@H]3C2)c(F)cc2c(=O)c(C(=O)NC(C)C(=O)CC(Cc3cnc[nH]3)C(=O)O)cn(C3CC3)c12. The molecule has 1 amide bonds. The summed E-state index contributed by atoms with van der Waals surface area (Å²) in [6.45, 7) is 3.70. The third-order valence-electron chi connectivity index (χ3n) is 9.15. The molecule has 3 fully saturated rings. The van der Waals surface area contributed by atoms with Crippen LogP contribution in [0.25, 0.3) is 10.9 Å². The van der Waals surface area contributed by atoms with Crippen molar-refractivity contribution in [2.45, 2.75) is 63.6 Å². The van der Waals surface area contributed by atoms with Gasteiger partial charge >= 0.3 is 5.97 Å². The van der Waals surface area contributed by atoms with Crippen LogP contribution in [0, 0.1) is 17.7 Å². The highest BCUT2D eigenvalue weighted by atomic mass is 19.1. The number of aromatic nitrogens is 3. The van der Waals surface area contributed by atoms with E-state index in [4.69, 9.17) is 4.74 Å². The van der Waals surface area contributed by atoms with Gasteiger partial charge in [-0.05, 0) is 51.1 Å². The minimum Gasteiger partial charge on any atom is -0.492 e. The Balaban J connectivity index is 1.29. The molecule has 1 aliphatic carbocycles. The number of halogens is 1. The Morgan fingerprint density at radius 1 is 1.25 bits per heavy atom. The second-order valence-electron chi connectivity index (χ2n) is 12.2. The van der Waals surface area contributed by atoms with Crippen molar-refractivity contribution in [3.63, 3.8) is 0 Å². The van der Waals surface area contributed by atoms with Crippen molar-refractivity contribution in [1.82, 2.24) is 25.2 Å². The van der Waals surface area contributed by atoms with Crippen molar-refractivity contribution >= 4 is 34.3 Å². The third-order valence-corrected chi connectivity index (χ3v) is 9.15. The van der Waals surface area contributed by atoms with Gasteiger partial charge in [-0.1, -0.05) is 0 Å². The number of nitrogens with one attached hydrogen (secondary N) is 3. The molecule has 4 N–H and O–H groups in total. The lowest BCUT2D eigenvalue weighted by atomic mass is 9.94. The van der Waals surface area contributed by atoms with Crippen LogP contribution < -0.4 is 25.7 Å². The molecule has 2 unspecified atom stereocenters. The number of piperidine rings is 1. The Kier molecular flexibility index (Phi) is 8.14. The molecular formula is C31H37FN6O6. The molecule has 0 radical (unpaired) electrons. The standard InChI is InChI=1S/C31H37FN6O6/c1-16(25(39)9-18(31(42)43)8-19-11-33-15-35-19)36-30(41)22-13-38(20-5-6-20)26-21(28(22)40)10-23(32)27(29(26)44-2)37-12-17-4-3-7-34-24(17)14-37/h10-11,13,15-18,20,24,34H,3-9,12,14H2,1-2H3,(H,33,35)(H,36,41)(H,42,43)/t16?,17-,18?,24+/m0/s1. The lowest BCUT2D eigenvalue weighted by Gasteiger charge is -2.25. The summed E-state index contributed by atoms with van der Waals surface area (Å²) in [5.74, 6) is -3.36. The number of ether oxygens (including phenoxy) is 1. The van der Waals surface area contributed by atoms with Crippen molar-refractivity contribution in [3.05, 3.63) is 52.1 Å². The number of pyridine rings is 1. The van der Waals surface area contributed by atoms with E-state index in [-0.39, 0.29) is 41.6 Å². The number of carbonyl (C=O) groups is 3. The average molecular weight is 609 g/mol. The maximum Gasteiger partial charge on any atom is 0.307 e. The van der Waals surface area contributed by atoms with E-state index in [1.807, 2.05) is 9.47 Å². The topological polar surface area (TPSA) is 159 Å². The van der Waals surface area contributed by atoms with Gasteiger partial charge in [0.1, 0.15) is 11.3 Å². The molecule has 2 saturated heterocycles. The molecule has 1 aromatic carbocycles. The number of hydrogen-bond donors (Lipinski definition) is 4.